The lowest BCUT2D eigenvalue weighted by molar-refractivity contribution is 0.609. The van der Waals surface area contributed by atoms with Crippen LogP contribution in [0.4, 0.5) is 21.7 Å². The van der Waals surface area contributed by atoms with Gasteiger partial charge in [-0.25, -0.2) is 19.0 Å². The normalized spacial score (nSPS) is 10.9. The number of aryl methyl sites for hydroxylation is 2. The summed E-state index contributed by atoms with van der Waals surface area (Å²) >= 11 is 0. The maximum Gasteiger partial charge on any atom is 0.159 e. The molecule has 0 aliphatic carbocycles. The first-order valence-electron chi connectivity index (χ1n) is 7.67. The molecule has 3 N–H and O–H groups in total. The van der Waals surface area contributed by atoms with Gasteiger partial charge in [-0.15, -0.1) is 0 Å². The number of nitrogens with zero attached hydrogens (tertiary/aromatic N) is 5. The summed E-state index contributed by atoms with van der Waals surface area (Å²) in [5.41, 5.74) is 8.16. The highest BCUT2D eigenvalue weighted by Crippen LogP contribution is 2.28. The molecule has 0 aliphatic rings. The predicted octanol–water partition coefficient (Wildman–Crippen LogP) is 2.55. The molecule has 0 aromatic carbocycles. The lowest BCUT2D eigenvalue weighted by atomic mass is 10.1. The van der Waals surface area contributed by atoms with E-state index < -0.39 is 5.82 Å². The van der Waals surface area contributed by atoms with Crippen molar-refractivity contribution < 1.29 is 4.39 Å². The van der Waals surface area contributed by atoms with Crippen molar-refractivity contribution in [2.45, 2.75) is 6.92 Å². The molecular formula is C17H20FN7. The lowest BCUT2D eigenvalue weighted by Gasteiger charge is -2.13. The zero-order chi connectivity index (χ0) is 18.3. The number of nitrogens with one attached hydrogen (secondary N) is 1. The molecule has 0 aliphatic heterocycles. The van der Waals surface area contributed by atoms with Crippen molar-refractivity contribution in [2.24, 2.45) is 12.8 Å². The maximum absolute atomic E-state index is 13.8. The number of anilines is 3. The number of aromatic nitrogens is 4. The average Bonchev–Trinajstić information content (AvgIpc) is 2.87. The number of hydrogen-bond acceptors (Lipinski definition) is 6. The van der Waals surface area contributed by atoms with Crippen molar-refractivity contribution in [1.82, 2.24) is 19.7 Å². The monoisotopic (exact) mass is 341 g/mol. The quantitative estimate of drug-likeness (QED) is 0.759. The Bertz CT molecular complexity index is 975. The molecule has 3 rings (SSSR count). The molecular weight excluding hydrogens is 321 g/mol. The van der Waals surface area contributed by atoms with Crippen molar-refractivity contribution in [3.05, 3.63) is 42.0 Å². The summed E-state index contributed by atoms with van der Waals surface area (Å²) in [6.07, 6.45) is 1.67. The van der Waals surface area contributed by atoms with E-state index in [-0.39, 0.29) is 11.4 Å². The average molecular weight is 341 g/mol. The summed E-state index contributed by atoms with van der Waals surface area (Å²) in [6.45, 7) is 5.28. The van der Waals surface area contributed by atoms with Gasteiger partial charge in [-0.05, 0) is 19.1 Å². The largest absolute Gasteiger partial charge is 0.399 e. The fraction of sp³-hybridized carbons (Fsp3) is 0.235. The molecule has 0 amide bonds. The van der Waals surface area contributed by atoms with Gasteiger partial charge in [0.15, 0.2) is 11.5 Å². The fourth-order valence-electron chi connectivity index (χ4n) is 2.58. The summed E-state index contributed by atoms with van der Waals surface area (Å²) in [5, 5.41) is 8.51. The van der Waals surface area contributed by atoms with Crippen LogP contribution in [0, 0.1) is 12.7 Å². The van der Waals surface area contributed by atoms with Crippen molar-refractivity contribution in [3.8, 4) is 0 Å². The SMILES string of the molecule is C=C(N)c1cc(F)c(C)nc1Nc1cnc2c(c1)c(N(C)C)nn2C. The third-order valence-electron chi connectivity index (χ3n) is 3.84. The summed E-state index contributed by atoms with van der Waals surface area (Å²) in [4.78, 5) is 10.6. The Morgan fingerprint density at radius 2 is 2.08 bits per heavy atom. The van der Waals surface area contributed by atoms with Gasteiger partial charge in [-0.1, -0.05) is 6.58 Å². The molecule has 7 nitrogen and oxygen atoms in total. The van der Waals surface area contributed by atoms with E-state index in [0.29, 0.717) is 17.1 Å². The number of fused-ring (bicyclic) bond motifs is 1. The van der Waals surface area contributed by atoms with Gasteiger partial charge in [0.2, 0.25) is 0 Å². The number of hydrogen-bond donors (Lipinski definition) is 2. The van der Waals surface area contributed by atoms with E-state index in [9.17, 15) is 4.39 Å². The Balaban J connectivity index is 2.08. The van der Waals surface area contributed by atoms with Crippen LogP contribution >= 0.6 is 0 Å². The molecule has 0 bridgehead atoms. The van der Waals surface area contributed by atoms with Gasteiger partial charge in [0.25, 0.3) is 0 Å². The minimum Gasteiger partial charge on any atom is -0.399 e. The van der Waals surface area contributed by atoms with Crippen LogP contribution < -0.4 is 16.0 Å². The second-order valence-corrected chi connectivity index (χ2v) is 6.04. The number of pyridine rings is 2. The van der Waals surface area contributed by atoms with E-state index in [0.717, 1.165) is 16.9 Å². The van der Waals surface area contributed by atoms with Gasteiger partial charge in [-0.3, -0.25) is 0 Å². The van der Waals surface area contributed by atoms with Crippen molar-refractivity contribution >= 4 is 34.1 Å². The Hall–Kier alpha value is -3.16. The lowest BCUT2D eigenvalue weighted by Crippen LogP contribution is -2.10. The van der Waals surface area contributed by atoms with E-state index in [1.807, 2.05) is 32.1 Å². The minimum absolute atomic E-state index is 0.235. The van der Waals surface area contributed by atoms with E-state index in [2.05, 4.69) is 27.0 Å². The molecule has 0 saturated heterocycles. The van der Waals surface area contributed by atoms with Crippen LogP contribution in [0.25, 0.3) is 16.7 Å². The van der Waals surface area contributed by atoms with Gasteiger partial charge < -0.3 is 16.0 Å². The van der Waals surface area contributed by atoms with Crippen molar-refractivity contribution in [3.63, 3.8) is 0 Å². The fourth-order valence-corrected chi connectivity index (χ4v) is 2.58. The zero-order valence-corrected chi connectivity index (χ0v) is 14.6. The van der Waals surface area contributed by atoms with Gasteiger partial charge >= 0.3 is 0 Å². The highest BCUT2D eigenvalue weighted by Gasteiger charge is 2.14. The zero-order valence-electron chi connectivity index (χ0n) is 14.6. The number of rotatable bonds is 4. The van der Waals surface area contributed by atoms with Gasteiger partial charge in [0.1, 0.15) is 11.6 Å². The Morgan fingerprint density at radius 3 is 2.72 bits per heavy atom. The summed E-state index contributed by atoms with van der Waals surface area (Å²) in [5.74, 6) is 0.811. The van der Waals surface area contributed by atoms with E-state index in [1.165, 1.54) is 6.07 Å². The predicted molar refractivity (Wildman–Crippen MR) is 98.3 cm³/mol. The molecule has 3 aromatic heterocycles. The number of nitrogens with two attached hydrogens (primary N) is 1. The van der Waals surface area contributed by atoms with Crippen molar-refractivity contribution in [1.29, 1.82) is 0 Å². The van der Waals surface area contributed by atoms with Crippen LogP contribution in [-0.2, 0) is 7.05 Å². The Kier molecular flexibility index (Phi) is 4.03. The molecule has 0 fully saturated rings. The van der Waals surface area contributed by atoms with E-state index >= 15 is 0 Å². The first-order valence-corrected chi connectivity index (χ1v) is 7.67. The topological polar surface area (TPSA) is 84.9 Å². The maximum atomic E-state index is 13.8. The first kappa shape index (κ1) is 16.7. The molecule has 8 heteroatoms. The van der Waals surface area contributed by atoms with E-state index in [4.69, 9.17) is 5.73 Å². The van der Waals surface area contributed by atoms with Crippen LogP contribution in [0.3, 0.4) is 0 Å². The molecule has 130 valence electrons. The summed E-state index contributed by atoms with van der Waals surface area (Å²) in [7, 11) is 5.68. The molecule has 0 saturated carbocycles. The third kappa shape index (κ3) is 2.98. The molecule has 0 spiro atoms. The van der Waals surface area contributed by atoms with Crippen LogP contribution in [0.15, 0.2) is 24.9 Å². The van der Waals surface area contributed by atoms with Gasteiger partial charge in [0.05, 0.1) is 23.0 Å². The van der Waals surface area contributed by atoms with Crippen LogP contribution in [0.1, 0.15) is 11.3 Å². The Morgan fingerprint density at radius 1 is 1.36 bits per heavy atom. The standard InChI is InChI=1S/C17H20FN7/c1-9(19)12-7-14(18)10(2)21-15(12)22-11-6-13-16(20-8-11)25(5)23-17(13)24(3)4/h6-8H,1,19H2,2-5H3,(H,21,22). The minimum atomic E-state index is -0.428. The van der Waals surface area contributed by atoms with Crippen molar-refractivity contribution in [2.75, 3.05) is 24.3 Å². The number of halogens is 1. The summed E-state index contributed by atoms with van der Waals surface area (Å²) < 4.78 is 15.5. The molecule has 25 heavy (non-hydrogen) atoms. The molecule has 0 radical (unpaired) electrons. The highest BCUT2D eigenvalue weighted by atomic mass is 19.1. The smallest absolute Gasteiger partial charge is 0.159 e. The summed E-state index contributed by atoms with van der Waals surface area (Å²) in [6, 6.07) is 3.25. The first-order chi connectivity index (χ1) is 11.8. The van der Waals surface area contributed by atoms with Crippen LogP contribution in [0.5, 0.6) is 0 Å². The van der Waals surface area contributed by atoms with Crippen LogP contribution in [0.2, 0.25) is 0 Å². The Labute approximate surface area is 145 Å². The van der Waals surface area contributed by atoms with Gasteiger partial charge in [0, 0.05) is 32.4 Å². The highest BCUT2D eigenvalue weighted by molar-refractivity contribution is 5.91. The van der Waals surface area contributed by atoms with Gasteiger partial charge in [-0.2, -0.15) is 5.10 Å². The van der Waals surface area contributed by atoms with E-state index in [1.54, 1.807) is 17.8 Å². The molecule has 0 atom stereocenters. The van der Waals surface area contributed by atoms with Crippen LogP contribution in [-0.4, -0.2) is 33.8 Å². The second-order valence-electron chi connectivity index (χ2n) is 6.04. The third-order valence-corrected chi connectivity index (χ3v) is 3.84. The molecule has 3 heterocycles. The molecule has 0 unspecified atom stereocenters. The second kappa shape index (κ2) is 6.04. The molecule has 3 aromatic rings.